The molecule has 0 radical (unpaired) electrons. The third-order valence-electron chi connectivity index (χ3n) is 2.34. The Kier molecular flexibility index (Phi) is 5.53. The Morgan fingerprint density at radius 1 is 1.56 bits per heavy atom. The zero-order chi connectivity index (χ0) is 12.1. The van der Waals surface area contributed by atoms with E-state index in [1.54, 1.807) is 0 Å². The fraction of sp³-hybridized carbons (Fsp3) is 0.385. The van der Waals surface area contributed by atoms with Crippen LogP contribution in [0.2, 0.25) is 5.02 Å². The van der Waals surface area contributed by atoms with E-state index in [2.05, 4.69) is 40.8 Å². The van der Waals surface area contributed by atoms with Crippen LogP contribution < -0.4 is 5.32 Å². The summed E-state index contributed by atoms with van der Waals surface area (Å²) in [7, 11) is 0. The predicted octanol–water partition coefficient (Wildman–Crippen LogP) is 4.72. The minimum absolute atomic E-state index is 0.253. The summed E-state index contributed by atoms with van der Waals surface area (Å²) in [5.74, 6) is 0. The van der Waals surface area contributed by atoms with E-state index >= 15 is 0 Å². The van der Waals surface area contributed by atoms with Gasteiger partial charge >= 0.3 is 0 Å². The highest BCUT2D eigenvalue weighted by Crippen LogP contribution is 2.29. The molecule has 0 saturated carbocycles. The van der Waals surface area contributed by atoms with Gasteiger partial charge in [-0.3, -0.25) is 0 Å². The van der Waals surface area contributed by atoms with Crippen LogP contribution in [-0.4, -0.2) is 6.54 Å². The fourth-order valence-electron chi connectivity index (χ4n) is 1.67. The highest BCUT2D eigenvalue weighted by molar-refractivity contribution is 9.10. The Hall–Kier alpha value is -0.310. The SMILES string of the molecule is C=C(C)CC(NCC)c1ccc(Br)cc1Cl. The number of hydrogen-bond donors (Lipinski definition) is 1. The van der Waals surface area contributed by atoms with Crippen LogP contribution in [0.15, 0.2) is 34.8 Å². The first-order chi connectivity index (χ1) is 7.54. The molecule has 1 unspecified atom stereocenters. The van der Waals surface area contributed by atoms with E-state index in [4.69, 9.17) is 11.6 Å². The molecule has 0 aliphatic heterocycles. The van der Waals surface area contributed by atoms with Crippen molar-refractivity contribution in [2.24, 2.45) is 0 Å². The Morgan fingerprint density at radius 3 is 2.75 bits per heavy atom. The summed E-state index contributed by atoms with van der Waals surface area (Å²) in [6, 6.07) is 6.26. The van der Waals surface area contributed by atoms with E-state index in [1.807, 2.05) is 19.1 Å². The van der Waals surface area contributed by atoms with Crippen molar-refractivity contribution in [1.82, 2.24) is 5.32 Å². The largest absolute Gasteiger partial charge is 0.310 e. The quantitative estimate of drug-likeness (QED) is 0.776. The molecular formula is C13H17BrClN. The van der Waals surface area contributed by atoms with Gasteiger partial charge in [-0.2, -0.15) is 0 Å². The molecule has 0 aliphatic rings. The van der Waals surface area contributed by atoms with Crippen molar-refractivity contribution in [3.05, 3.63) is 45.4 Å². The fourth-order valence-corrected chi connectivity index (χ4v) is 2.48. The molecule has 1 atom stereocenters. The van der Waals surface area contributed by atoms with E-state index in [-0.39, 0.29) is 6.04 Å². The first kappa shape index (κ1) is 13.8. The lowest BCUT2D eigenvalue weighted by Crippen LogP contribution is -2.21. The van der Waals surface area contributed by atoms with E-state index < -0.39 is 0 Å². The summed E-state index contributed by atoms with van der Waals surface area (Å²) in [6.45, 7) is 9.01. The molecule has 1 aromatic carbocycles. The molecule has 0 heterocycles. The van der Waals surface area contributed by atoms with Gasteiger partial charge in [-0.15, -0.1) is 6.58 Å². The van der Waals surface area contributed by atoms with Crippen LogP contribution in [0, 0.1) is 0 Å². The molecule has 0 aromatic heterocycles. The van der Waals surface area contributed by atoms with Gasteiger partial charge in [0.1, 0.15) is 0 Å². The predicted molar refractivity (Wildman–Crippen MR) is 75.0 cm³/mol. The molecule has 1 aromatic rings. The van der Waals surface area contributed by atoms with Gasteiger partial charge in [-0.25, -0.2) is 0 Å². The van der Waals surface area contributed by atoms with Crippen LogP contribution in [0.3, 0.4) is 0 Å². The van der Waals surface area contributed by atoms with Gasteiger partial charge in [-0.1, -0.05) is 46.1 Å². The Bertz CT molecular complexity index is 376. The minimum Gasteiger partial charge on any atom is -0.310 e. The molecule has 0 spiro atoms. The second kappa shape index (κ2) is 6.43. The average Bonchev–Trinajstić information content (AvgIpc) is 2.16. The Labute approximate surface area is 111 Å². The van der Waals surface area contributed by atoms with Crippen molar-refractivity contribution in [3.63, 3.8) is 0 Å². The molecule has 1 nitrogen and oxygen atoms in total. The lowest BCUT2D eigenvalue weighted by molar-refractivity contribution is 0.548. The Balaban J connectivity index is 2.95. The summed E-state index contributed by atoms with van der Waals surface area (Å²) in [4.78, 5) is 0. The highest BCUT2D eigenvalue weighted by atomic mass is 79.9. The maximum absolute atomic E-state index is 6.24. The molecule has 1 rings (SSSR count). The molecule has 0 fully saturated rings. The van der Waals surface area contributed by atoms with Crippen LogP contribution in [0.25, 0.3) is 0 Å². The summed E-state index contributed by atoms with van der Waals surface area (Å²) in [5, 5.41) is 4.22. The minimum atomic E-state index is 0.253. The van der Waals surface area contributed by atoms with Gasteiger partial charge in [0.05, 0.1) is 0 Å². The van der Waals surface area contributed by atoms with Crippen LogP contribution >= 0.6 is 27.5 Å². The molecule has 0 bridgehead atoms. The van der Waals surface area contributed by atoms with Crippen LogP contribution in [-0.2, 0) is 0 Å². The summed E-state index contributed by atoms with van der Waals surface area (Å²) >= 11 is 9.66. The first-order valence-electron chi connectivity index (χ1n) is 5.37. The maximum atomic E-state index is 6.24. The highest BCUT2D eigenvalue weighted by Gasteiger charge is 2.13. The summed E-state index contributed by atoms with van der Waals surface area (Å²) in [5.41, 5.74) is 2.29. The zero-order valence-corrected chi connectivity index (χ0v) is 12.0. The normalized spacial score (nSPS) is 12.5. The number of benzene rings is 1. The van der Waals surface area contributed by atoms with E-state index in [0.29, 0.717) is 0 Å². The van der Waals surface area contributed by atoms with Crippen molar-refractivity contribution < 1.29 is 0 Å². The van der Waals surface area contributed by atoms with Crippen molar-refractivity contribution in [3.8, 4) is 0 Å². The lowest BCUT2D eigenvalue weighted by Gasteiger charge is -2.19. The number of hydrogen-bond acceptors (Lipinski definition) is 1. The lowest BCUT2D eigenvalue weighted by atomic mass is 10.0. The van der Waals surface area contributed by atoms with Crippen molar-refractivity contribution in [1.29, 1.82) is 0 Å². The zero-order valence-electron chi connectivity index (χ0n) is 9.69. The van der Waals surface area contributed by atoms with E-state index in [0.717, 1.165) is 33.6 Å². The number of rotatable bonds is 5. The van der Waals surface area contributed by atoms with Crippen LogP contribution in [0.4, 0.5) is 0 Å². The topological polar surface area (TPSA) is 12.0 Å². The molecule has 16 heavy (non-hydrogen) atoms. The molecule has 0 amide bonds. The van der Waals surface area contributed by atoms with Crippen molar-refractivity contribution in [2.75, 3.05) is 6.54 Å². The van der Waals surface area contributed by atoms with Crippen molar-refractivity contribution in [2.45, 2.75) is 26.3 Å². The van der Waals surface area contributed by atoms with Gasteiger partial charge in [0.25, 0.3) is 0 Å². The molecule has 0 saturated heterocycles. The number of halogens is 2. The van der Waals surface area contributed by atoms with Gasteiger partial charge in [0.2, 0.25) is 0 Å². The van der Waals surface area contributed by atoms with Gasteiger partial charge in [0, 0.05) is 15.5 Å². The van der Waals surface area contributed by atoms with Gasteiger partial charge in [0.15, 0.2) is 0 Å². The van der Waals surface area contributed by atoms with Crippen LogP contribution in [0.1, 0.15) is 31.9 Å². The van der Waals surface area contributed by atoms with Gasteiger partial charge in [-0.05, 0) is 37.6 Å². The smallest absolute Gasteiger partial charge is 0.0465 e. The van der Waals surface area contributed by atoms with Crippen molar-refractivity contribution >= 4 is 27.5 Å². The van der Waals surface area contributed by atoms with Crippen LogP contribution in [0.5, 0.6) is 0 Å². The molecule has 3 heteroatoms. The monoisotopic (exact) mass is 301 g/mol. The Morgan fingerprint density at radius 2 is 2.25 bits per heavy atom. The standard InChI is InChI=1S/C13H17BrClN/c1-4-16-13(7-9(2)3)11-6-5-10(14)8-12(11)15/h5-6,8,13,16H,2,4,7H2,1,3H3. The number of nitrogens with one attached hydrogen (secondary N) is 1. The maximum Gasteiger partial charge on any atom is 0.0465 e. The first-order valence-corrected chi connectivity index (χ1v) is 6.54. The second-order valence-corrected chi connectivity index (χ2v) is 5.26. The molecule has 88 valence electrons. The van der Waals surface area contributed by atoms with E-state index in [9.17, 15) is 0 Å². The molecule has 1 N–H and O–H groups in total. The van der Waals surface area contributed by atoms with E-state index in [1.165, 1.54) is 0 Å². The third kappa shape index (κ3) is 3.93. The van der Waals surface area contributed by atoms with Gasteiger partial charge < -0.3 is 5.32 Å². The third-order valence-corrected chi connectivity index (χ3v) is 3.16. The molecule has 0 aliphatic carbocycles. The summed E-state index contributed by atoms with van der Waals surface area (Å²) < 4.78 is 1.01. The molecular weight excluding hydrogens is 286 g/mol. The summed E-state index contributed by atoms with van der Waals surface area (Å²) in [6.07, 6.45) is 0.912. The average molecular weight is 303 g/mol. The second-order valence-electron chi connectivity index (χ2n) is 3.94.